The zero-order valence-corrected chi connectivity index (χ0v) is 7.57. The van der Waals surface area contributed by atoms with Crippen LogP contribution in [0.15, 0.2) is 6.20 Å². The first-order valence-corrected chi connectivity index (χ1v) is 3.86. The van der Waals surface area contributed by atoms with Crippen LogP contribution in [0.1, 0.15) is 17.4 Å². The summed E-state index contributed by atoms with van der Waals surface area (Å²) in [5.41, 5.74) is 3.03. The predicted molar refractivity (Wildman–Crippen MR) is 47.0 cm³/mol. The summed E-state index contributed by atoms with van der Waals surface area (Å²) < 4.78 is 6.26. The lowest BCUT2D eigenvalue weighted by atomic mass is 10.4. The second-order valence-corrected chi connectivity index (χ2v) is 2.43. The number of hydrazine groups is 1. The third-order valence-corrected chi connectivity index (χ3v) is 1.45. The molecule has 6 nitrogen and oxygen atoms in total. The number of hydrogen-bond donors (Lipinski definition) is 2. The number of aryl methyl sites for hydroxylation is 1. The van der Waals surface area contributed by atoms with Crippen molar-refractivity contribution in [3.8, 4) is 0 Å². The van der Waals surface area contributed by atoms with Gasteiger partial charge in [-0.3, -0.25) is 10.5 Å². The molecular formula is C7H12N4O2. The lowest BCUT2D eigenvalue weighted by molar-refractivity contribution is 0.0519. The van der Waals surface area contributed by atoms with Gasteiger partial charge in [0.05, 0.1) is 6.61 Å². The topological polar surface area (TPSA) is 82.2 Å². The molecule has 0 aliphatic heterocycles. The summed E-state index contributed by atoms with van der Waals surface area (Å²) in [5, 5.41) is 3.90. The van der Waals surface area contributed by atoms with Gasteiger partial charge in [0.2, 0.25) is 0 Å². The van der Waals surface area contributed by atoms with Gasteiger partial charge in [-0.1, -0.05) is 0 Å². The molecule has 0 unspecified atom stereocenters. The summed E-state index contributed by atoms with van der Waals surface area (Å²) in [5.74, 6) is 4.71. The number of aromatic nitrogens is 2. The van der Waals surface area contributed by atoms with Crippen LogP contribution in [-0.4, -0.2) is 22.4 Å². The number of carbonyl (C=O) groups excluding carboxylic acids is 1. The van der Waals surface area contributed by atoms with Crippen molar-refractivity contribution in [2.45, 2.75) is 6.92 Å². The van der Waals surface area contributed by atoms with Gasteiger partial charge in [0.1, 0.15) is 5.69 Å². The smallest absolute Gasteiger partial charge is 0.361 e. The first-order chi connectivity index (χ1) is 6.19. The summed E-state index contributed by atoms with van der Waals surface area (Å²) in [4.78, 5) is 11.2. The molecule has 0 spiro atoms. The molecule has 1 rings (SSSR count). The summed E-state index contributed by atoms with van der Waals surface area (Å²) in [6, 6.07) is 0. The van der Waals surface area contributed by atoms with Crippen molar-refractivity contribution in [2.75, 3.05) is 12.0 Å². The van der Waals surface area contributed by atoms with Crippen LogP contribution in [-0.2, 0) is 11.8 Å². The lowest BCUT2D eigenvalue weighted by Crippen LogP contribution is -2.12. The van der Waals surface area contributed by atoms with Crippen molar-refractivity contribution >= 4 is 11.7 Å². The van der Waals surface area contributed by atoms with Crippen molar-refractivity contribution < 1.29 is 9.53 Å². The number of carbonyl (C=O) groups is 1. The maximum absolute atomic E-state index is 11.2. The van der Waals surface area contributed by atoms with E-state index < -0.39 is 5.97 Å². The number of nitrogens with two attached hydrogens (primary N) is 1. The average molecular weight is 184 g/mol. The molecule has 0 radical (unpaired) electrons. The molecule has 6 heteroatoms. The van der Waals surface area contributed by atoms with Gasteiger partial charge < -0.3 is 10.2 Å². The zero-order valence-electron chi connectivity index (χ0n) is 7.57. The quantitative estimate of drug-likeness (QED) is 0.389. The Morgan fingerprint density at radius 2 is 2.54 bits per heavy atom. The molecule has 0 bridgehead atoms. The summed E-state index contributed by atoms with van der Waals surface area (Å²) in [6.07, 6.45) is 1.60. The largest absolute Gasteiger partial charge is 0.461 e. The van der Waals surface area contributed by atoms with Gasteiger partial charge >= 0.3 is 5.97 Å². The van der Waals surface area contributed by atoms with Gasteiger partial charge in [-0.05, 0) is 6.92 Å². The van der Waals surface area contributed by atoms with Crippen LogP contribution < -0.4 is 11.3 Å². The van der Waals surface area contributed by atoms with E-state index in [1.54, 1.807) is 20.2 Å². The van der Waals surface area contributed by atoms with Crippen LogP contribution in [0.3, 0.4) is 0 Å². The molecule has 13 heavy (non-hydrogen) atoms. The molecule has 3 N–H and O–H groups in total. The number of nitrogens with zero attached hydrogens (tertiary/aromatic N) is 2. The van der Waals surface area contributed by atoms with Crippen LogP contribution in [0.25, 0.3) is 0 Å². The molecule has 0 aliphatic rings. The number of esters is 1. The Hall–Kier alpha value is -1.56. The Balaban J connectivity index is 2.91. The Bertz CT molecular complexity index is 307. The molecule has 0 fully saturated rings. The second kappa shape index (κ2) is 3.90. The molecule has 0 aromatic carbocycles. The van der Waals surface area contributed by atoms with Gasteiger partial charge in [0.15, 0.2) is 5.69 Å². The Morgan fingerprint density at radius 3 is 3.08 bits per heavy atom. The highest BCUT2D eigenvalue weighted by molar-refractivity contribution is 5.93. The number of nitrogens with one attached hydrogen (secondary N) is 1. The predicted octanol–water partition coefficient (Wildman–Crippen LogP) is -0.118. The van der Waals surface area contributed by atoms with E-state index in [2.05, 4.69) is 10.5 Å². The normalized spacial score (nSPS) is 9.77. The highest BCUT2D eigenvalue weighted by atomic mass is 16.5. The number of rotatable bonds is 3. The molecular weight excluding hydrogens is 172 g/mol. The van der Waals surface area contributed by atoms with Crippen LogP contribution in [0.5, 0.6) is 0 Å². The van der Waals surface area contributed by atoms with E-state index >= 15 is 0 Å². The van der Waals surface area contributed by atoms with Crippen molar-refractivity contribution in [3.05, 3.63) is 11.9 Å². The lowest BCUT2D eigenvalue weighted by Gasteiger charge is -1.99. The molecule has 72 valence electrons. The number of ether oxygens (including phenoxy) is 1. The highest BCUT2D eigenvalue weighted by Gasteiger charge is 2.15. The summed E-state index contributed by atoms with van der Waals surface area (Å²) >= 11 is 0. The van der Waals surface area contributed by atoms with Gasteiger partial charge in [-0.2, -0.15) is 5.10 Å². The molecule has 1 aromatic rings. The van der Waals surface area contributed by atoms with E-state index in [1.807, 2.05) is 0 Å². The maximum atomic E-state index is 11.2. The van der Waals surface area contributed by atoms with Gasteiger partial charge in [0, 0.05) is 13.2 Å². The first-order valence-electron chi connectivity index (χ1n) is 3.86. The molecule has 0 saturated carbocycles. The van der Waals surface area contributed by atoms with Crippen molar-refractivity contribution in [3.63, 3.8) is 0 Å². The minimum absolute atomic E-state index is 0.201. The Labute approximate surface area is 75.6 Å². The minimum atomic E-state index is -0.476. The first kappa shape index (κ1) is 9.53. The fourth-order valence-corrected chi connectivity index (χ4v) is 0.944. The fourth-order valence-electron chi connectivity index (χ4n) is 0.944. The summed E-state index contributed by atoms with van der Waals surface area (Å²) in [6.45, 7) is 2.05. The molecule has 0 saturated heterocycles. The SMILES string of the molecule is CCOC(=O)c1nn(C)cc1NN. The maximum Gasteiger partial charge on any atom is 0.361 e. The minimum Gasteiger partial charge on any atom is -0.461 e. The van der Waals surface area contributed by atoms with E-state index in [9.17, 15) is 4.79 Å². The average Bonchev–Trinajstić information content (AvgIpc) is 2.47. The number of hydrogen-bond acceptors (Lipinski definition) is 5. The fraction of sp³-hybridized carbons (Fsp3) is 0.429. The number of nitrogen functional groups attached to an aromatic ring is 1. The van der Waals surface area contributed by atoms with Gasteiger partial charge in [-0.15, -0.1) is 0 Å². The van der Waals surface area contributed by atoms with E-state index in [4.69, 9.17) is 10.6 Å². The van der Waals surface area contributed by atoms with Crippen LogP contribution in [0.4, 0.5) is 5.69 Å². The highest BCUT2D eigenvalue weighted by Crippen LogP contribution is 2.12. The van der Waals surface area contributed by atoms with Crippen LogP contribution >= 0.6 is 0 Å². The van der Waals surface area contributed by atoms with Crippen LogP contribution in [0, 0.1) is 0 Å². The van der Waals surface area contributed by atoms with E-state index in [0.29, 0.717) is 12.3 Å². The molecule has 0 atom stereocenters. The molecule has 0 amide bonds. The van der Waals surface area contributed by atoms with Crippen molar-refractivity contribution in [1.82, 2.24) is 9.78 Å². The third-order valence-electron chi connectivity index (χ3n) is 1.45. The Morgan fingerprint density at radius 1 is 1.85 bits per heavy atom. The molecule has 0 aliphatic carbocycles. The zero-order chi connectivity index (χ0) is 9.84. The monoisotopic (exact) mass is 184 g/mol. The number of anilines is 1. The van der Waals surface area contributed by atoms with Crippen molar-refractivity contribution in [2.24, 2.45) is 12.9 Å². The standard InChI is InChI=1S/C7H12N4O2/c1-3-13-7(12)6-5(9-8)4-11(2)10-6/h4,9H,3,8H2,1-2H3. The molecule has 1 aromatic heterocycles. The van der Waals surface area contributed by atoms with Crippen LogP contribution in [0.2, 0.25) is 0 Å². The van der Waals surface area contributed by atoms with E-state index in [0.717, 1.165) is 0 Å². The van der Waals surface area contributed by atoms with Gasteiger partial charge in [0.25, 0.3) is 0 Å². The van der Waals surface area contributed by atoms with Gasteiger partial charge in [-0.25, -0.2) is 4.79 Å². The molecule has 1 heterocycles. The second-order valence-electron chi connectivity index (χ2n) is 2.43. The van der Waals surface area contributed by atoms with Crippen molar-refractivity contribution in [1.29, 1.82) is 0 Å². The summed E-state index contributed by atoms with van der Waals surface area (Å²) in [7, 11) is 1.70. The third kappa shape index (κ3) is 1.97. The van der Waals surface area contributed by atoms with E-state index in [-0.39, 0.29) is 5.69 Å². The van der Waals surface area contributed by atoms with E-state index in [1.165, 1.54) is 4.68 Å². The Kier molecular flexibility index (Phi) is 2.86.